The van der Waals surface area contributed by atoms with E-state index in [-0.39, 0.29) is 6.10 Å². The van der Waals surface area contributed by atoms with Crippen molar-refractivity contribution >= 4 is 34.2 Å². The molecule has 8 heteroatoms. The SMILES string of the molecule is C/C=C(\C)OC1CN(C(=Nc2ccc(OC)nc2)SC)C1.FC/C=C/Cl. The van der Waals surface area contributed by atoms with Gasteiger partial charge in [0, 0.05) is 11.6 Å². The largest absolute Gasteiger partial charge is 0.492 e. The fourth-order valence-corrected chi connectivity index (χ4v) is 2.62. The van der Waals surface area contributed by atoms with Gasteiger partial charge in [-0.05, 0) is 38.3 Å². The molecule has 26 heavy (non-hydrogen) atoms. The number of rotatable bonds is 5. The van der Waals surface area contributed by atoms with E-state index in [9.17, 15) is 4.39 Å². The van der Waals surface area contributed by atoms with Crippen molar-refractivity contribution in [1.82, 2.24) is 9.88 Å². The number of methoxy groups -OCH3 is 1. The third kappa shape index (κ3) is 7.66. The van der Waals surface area contributed by atoms with Crippen LogP contribution in [-0.4, -0.2) is 54.3 Å². The monoisotopic (exact) mass is 401 g/mol. The summed E-state index contributed by atoms with van der Waals surface area (Å²) in [5, 5.41) is 0.986. The smallest absolute Gasteiger partial charge is 0.213 e. The fourth-order valence-electron chi connectivity index (χ4n) is 1.95. The summed E-state index contributed by atoms with van der Waals surface area (Å²) in [6, 6.07) is 3.72. The number of likely N-dealkylation sites (tertiary alicyclic amines) is 1. The minimum Gasteiger partial charge on any atom is -0.492 e. The van der Waals surface area contributed by atoms with E-state index in [2.05, 4.69) is 14.9 Å². The molecule has 1 aliphatic rings. The van der Waals surface area contributed by atoms with E-state index >= 15 is 0 Å². The Kier molecular flexibility index (Phi) is 10.8. The molecule has 0 saturated carbocycles. The normalized spacial score (nSPS) is 15.4. The Balaban J connectivity index is 0.000000597. The molecule has 144 valence electrons. The Bertz CT molecular complexity index is 617. The Hall–Kier alpha value is -1.73. The highest BCUT2D eigenvalue weighted by Crippen LogP contribution is 2.23. The highest BCUT2D eigenvalue weighted by atomic mass is 35.5. The van der Waals surface area contributed by atoms with Gasteiger partial charge in [-0.15, -0.1) is 0 Å². The van der Waals surface area contributed by atoms with Gasteiger partial charge in [0.15, 0.2) is 5.17 Å². The first kappa shape index (κ1) is 22.3. The summed E-state index contributed by atoms with van der Waals surface area (Å²) in [7, 11) is 1.60. The number of thioether (sulfide) groups is 1. The van der Waals surface area contributed by atoms with Crippen molar-refractivity contribution in [3.05, 3.63) is 41.8 Å². The molecular weight excluding hydrogens is 377 g/mol. The predicted molar refractivity (Wildman–Crippen MR) is 108 cm³/mol. The molecule has 1 saturated heterocycles. The first-order valence-corrected chi connectivity index (χ1v) is 9.72. The first-order valence-electron chi connectivity index (χ1n) is 8.06. The van der Waals surface area contributed by atoms with E-state index in [4.69, 9.17) is 21.1 Å². The van der Waals surface area contributed by atoms with Crippen LogP contribution in [0.15, 0.2) is 46.8 Å². The summed E-state index contributed by atoms with van der Waals surface area (Å²) in [6.45, 7) is 5.23. The van der Waals surface area contributed by atoms with Gasteiger partial charge < -0.3 is 14.4 Å². The number of nitrogens with zero attached hydrogens (tertiary/aromatic N) is 3. The van der Waals surface area contributed by atoms with Crippen molar-refractivity contribution in [3.63, 3.8) is 0 Å². The zero-order valence-corrected chi connectivity index (χ0v) is 17.1. The van der Waals surface area contributed by atoms with Crippen LogP contribution in [-0.2, 0) is 4.74 Å². The van der Waals surface area contributed by atoms with Crippen molar-refractivity contribution in [2.24, 2.45) is 4.99 Å². The molecule has 0 bridgehead atoms. The molecule has 0 atom stereocenters. The van der Waals surface area contributed by atoms with Crippen LogP contribution in [0.2, 0.25) is 0 Å². The molecule has 2 rings (SSSR count). The van der Waals surface area contributed by atoms with Gasteiger partial charge in [0.25, 0.3) is 0 Å². The zero-order chi connectivity index (χ0) is 19.4. The van der Waals surface area contributed by atoms with Gasteiger partial charge in [-0.1, -0.05) is 23.4 Å². The van der Waals surface area contributed by atoms with E-state index in [0.717, 1.165) is 35.2 Å². The minimum atomic E-state index is -0.469. The standard InChI is InChI=1S/C15H21N3O2S.C3H4ClF/c1-5-11(2)20-13-9-18(10-13)15(21-4)17-12-6-7-14(19-3)16-8-12;4-2-1-3-5/h5-8,13H,9-10H2,1-4H3;1-2H,3H2/b11-5+,17-15?;2-1+. The van der Waals surface area contributed by atoms with E-state index in [0.29, 0.717) is 5.88 Å². The van der Waals surface area contributed by atoms with Crippen molar-refractivity contribution in [3.8, 4) is 5.88 Å². The molecular formula is C18H25ClFN3O2S. The first-order chi connectivity index (χ1) is 12.6. The number of ether oxygens (including phenoxy) is 2. The van der Waals surface area contributed by atoms with Gasteiger partial charge in [-0.2, -0.15) is 0 Å². The molecule has 0 spiro atoms. The molecule has 1 aromatic rings. The van der Waals surface area contributed by atoms with Gasteiger partial charge in [-0.3, -0.25) is 0 Å². The zero-order valence-electron chi connectivity index (χ0n) is 15.5. The van der Waals surface area contributed by atoms with Crippen LogP contribution >= 0.6 is 23.4 Å². The lowest BCUT2D eigenvalue weighted by Gasteiger charge is -2.40. The number of hydrogen-bond donors (Lipinski definition) is 0. The number of amidine groups is 1. The molecule has 2 heterocycles. The number of allylic oxidation sites excluding steroid dienone is 3. The lowest BCUT2D eigenvalue weighted by molar-refractivity contribution is 0.0174. The maximum absolute atomic E-state index is 10.8. The van der Waals surface area contributed by atoms with Crippen LogP contribution in [0.5, 0.6) is 5.88 Å². The van der Waals surface area contributed by atoms with Crippen molar-refractivity contribution < 1.29 is 13.9 Å². The van der Waals surface area contributed by atoms with Crippen molar-refractivity contribution in [1.29, 1.82) is 0 Å². The number of aromatic nitrogens is 1. The Morgan fingerprint density at radius 2 is 2.23 bits per heavy atom. The molecule has 0 aromatic carbocycles. The number of halogens is 2. The highest BCUT2D eigenvalue weighted by molar-refractivity contribution is 8.13. The maximum atomic E-state index is 10.8. The number of hydrogen-bond acceptors (Lipinski definition) is 5. The highest BCUT2D eigenvalue weighted by Gasteiger charge is 2.30. The van der Waals surface area contributed by atoms with E-state index in [1.165, 1.54) is 6.08 Å². The summed E-state index contributed by atoms with van der Waals surface area (Å²) in [5.74, 6) is 1.57. The van der Waals surface area contributed by atoms with Crippen LogP contribution in [0.25, 0.3) is 0 Å². The van der Waals surface area contributed by atoms with Gasteiger partial charge in [0.05, 0.1) is 37.8 Å². The quantitative estimate of drug-likeness (QED) is 0.404. The molecule has 5 nitrogen and oxygen atoms in total. The molecule has 1 fully saturated rings. The molecule has 0 aliphatic carbocycles. The lowest BCUT2D eigenvalue weighted by Crippen LogP contribution is -2.53. The van der Waals surface area contributed by atoms with Crippen molar-refractivity contribution in [2.45, 2.75) is 20.0 Å². The van der Waals surface area contributed by atoms with E-state index in [1.807, 2.05) is 38.3 Å². The van der Waals surface area contributed by atoms with Gasteiger partial charge in [0.2, 0.25) is 5.88 Å². The molecule has 1 aliphatic heterocycles. The second kappa shape index (κ2) is 12.6. The van der Waals surface area contributed by atoms with E-state index < -0.39 is 6.67 Å². The van der Waals surface area contributed by atoms with Crippen LogP contribution in [0.3, 0.4) is 0 Å². The summed E-state index contributed by atoms with van der Waals surface area (Å²) >= 11 is 6.51. The maximum Gasteiger partial charge on any atom is 0.213 e. The lowest BCUT2D eigenvalue weighted by atomic mass is 10.2. The van der Waals surface area contributed by atoms with Crippen LogP contribution < -0.4 is 4.74 Å². The van der Waals surface area contributed by atoms with Gasteiger partial charge >= 0.3 is 0 Å². The average molecular weight is 402 g/mol. The predicted octanol–water partition coefficient (Wildman–Crippen LogP) is 4.77. The second-order valence-electron chi connectivity index (χ2n) is 5.22. The molecule has 0 unspecified atom stereocenters. The van der Waals surface area contributed by atoms with Crippen LogP contribution in [0.4, 0.5) is 10.1 Å². The van der Waals surface area contributed by atoms with Crippen LogP contribution in [0.1, 0.15) is 13.8 Å². The van der Waals surface area contributed by atoms with Gasteiger partial charge in [-0.25, -0.2) is 14.4 Å². The number of alkyl halides is 1. The third-order valence-electron chi connectivity index (χ3n) is 3.39. The second-order valence-corrected chi connectivity index (χ2v) is 6.24. The Labute approximate surface area is 163 Å². The Morgan fingerprint density at radius 1 is 1.50 bits per heavy atom. The summed E-state index contributed by atoms with van der Waals surface area (Å²) in [5.41, 5.74) is 1.98. The molecule has 1 aromatic heterocycles. The average Bonchev–Trinajstić information content (AvgIpc) is 2.64. The summed E-state index contributed by atoms with van der Waals surface area (Å²) in [4.78, 5) is 11.0. The Morgan fingerprint density at radius 3 is 2.65 bits per heavy atom. The topological polar surface area (TPSA) is 47.0 Å². The van der Waals surface area contributed by atoms with Gasteiger partial charge in [0.1, 0.15) is 12.8 Å². The molecule has 0 amide bonds. The third-order valence-corrected chi connectivity index (χ3v) is 4.29. The van der Waals surface area contributed by atoms with E-state index in [1.54, 1.807) is 25.1 Å². The fraction of sp³-hybridized carbons (Fsp3) is 0.444. The molecule has 0 radical (unpaired) electrons. The summed E-state index contributed by atoms with van der Waals surface area (Å²) < 4.78 is 21.6. The van der Waals surface area contributed by atoms with Crippen LogP contribution in [0, 0.1) is 0 Å². The number of aliphatic imine (C=N–C) groups is 1. The molecule has 0 N–H and O–H groups in total. The minimum absolute atomic E-state index is 0.257. The summed E-state index contributed by atoms with van der Waals surface area (Å²) in [6.07, 6.45) is 7.21. The number of pyridine rings is 1. The van der Waals surface area contributed by atoms with Crippen molar-refractivity contribution in [2.75, 3.05) is 33.1 Å².